The molecule has 3 heterocycles. The maximum atomic E-state index is 8.29. The Morgan fingerprint density at radius 2 is 2.14 bits per heavy atom. The second-order valence-electron chi connectivity index (χ2n) is 4.86. The van der Waals surface area contributed by atoms with Crippen LogP contribution in [0.5, 0.6) is 5.88 Å². The summed E-state index contributed by atoms with van der Waals surface area (Å²) >= 11 is 0. The Labute approximate surface area is 122 Å². The predicted octanol–water partition coefficient (Wildman–Crippen LogP) is 1.36. The van der Waals surface area contributed by atoms with Crippen molar-refractivity contribution in [2.24, 2.45) is 0 Å². The lowest BCUT2D eigenvalue weighted by molar-refractivity contribution is 0.0237. The van der Waals surface area contributed by atoms with Crippen molar-refractivity contribution in [1.82, 2.24) is 15.2 Å². The molecule has 0 spiro atoms. The van der Waals surface area contributed by atoms with Crippen LogP contribution in [0.4, 0.5) is 5.69 Å². The zero-order valence-electron chi connectivity index (χ0n) is 11.5. The minimum atomic E-state index is 0.0429. The summed E-state index contributed by atoms with van der Waals surface area (Å²) in [6.45, 7) is 1.36. The molecule has 3 rings (SSSR count). The van der Waals surface area contributed by atoms with Crippen molar-refractivity contribution >= 4 is 11.4 Å². The van der Waals surface area contributed by atoms with Gasteiger partial charge >= 0.3 is 0 Å². The lowest BCUT2D eigenvalue weighted by atomic mass is 10.1. The fourth-order valence-electron chi connectivity index (χ4n) is 2.28. The highest BCUT2D eigenvalue weighted by Gasteiger charge is 2.21. The van der Waals surface area contributed by atoms with E-state index >= 15 is 0 Å². The van der Waals surface area contributed by atoms with Gasteiger partial charge in [-0.05, 0) is 12.1 Å². The van der Waals surface area contributed by atoms with E-state index in [0.29, 0.717) is 36.0 Å². The number of nitrogens with one attached hydrogen (secondary N) is 2. The highest BCUT2D eigenvalue weighted by molar-refractivity contribution is 6.14. The number of H-pyrrole nitrogens is 1. The van der Waals surface area contributed by atoms with Gasteiger partial charge in [0.05, 0.1) is 30.2 Å². The van der Waals surface area contributed by atoms with Gasteiger partial charge in [-0.3, -0.25) is 10.5 Å². The Kier molecular flexibility index (Phi) is 3.83. The number of hydrogen-bond acceptors (Lipinski definition) is 6. The van der Waals surface area contributed by atoms with Gasteiger partial charge in [-0.1, -0.05) is 0 Å². The maximum Gasteiger partial charge on any atom is 0.225 e. The molecule has 110 valence electrons. The number of hydrogen-bond donors (Lipinski definition) is 3. The number of rotatable bonds is 4. The first-order chi connectivity index (χ1) is 10.3. The lowest BCUT2D eigenvalue weighted by Crippen LogP contribution is -2.27. The van der Waals surface area contributed by atoms with Gasteiger partial charge in [-0.15, -0.1) is 0 Å². The number of nitrogens with two attached hydrogens (primary N) is 1. The molecular weight excluding hydrogens is 270 g/mol. The Morgan fingerprint density at radius 3 is 2.86 bits per heavy atom. The quantitative estimate of drug-likeness (QED) is 0.735. The molecule has 2 aromatic rings. The van der Waals surface area contributed by atoms with E-state index in [4.69, 9.17) is 20.6 Å². The average Bonchev–Trinajstić information content (AvgIpc) is 3.02. The summed E-state index contributed by atoms with van der Waals surface area (Å²) in [6, 6.07) is 3.38. The van der Waals surface area contributed by atoms with E-state index in [9.17, 15) is 0 Å². The number of aromatic amines is 1. The summed E-state index contributed by atoms with van der Waals surface area (Å²) in [6.07, 6.45) is 4.85. The molecule has 1 saturated heterocycles. The van der Waals surface area contributed by atoms with Gasteiger partial charge in [0, 0.05) is 30.9 Å². The van der Waals surface area contributed by atoms with E-state index in [1.54, 1.807) is 24.5 Å². The molecule has 7 nitrogen and oxygen atoms in total. The first kappa shape index (κ1) is 13.6. The van der Waals surface area contributed by atoms with E-state index in [1.807, 2.05) is 0 Å². The predicted molar refractivity (Wildman–Crippen MR) is 77.6 cm³/mol. The van der Waals surface area contributed by atoms with Crippen molar-refractivity contribution in [3.8, 4) is 5.88 Å². The highest BCUT2D eigenvalue weighted by Crippen LogP contribution is 2.26. The largest absolute Gasteiger partial charge is 0.474 e. The summed E-state index contributed by atoms with van der Waals surface area (Å²) in [5.74, 6) is 0.390. The van der Waals surface area contributed by atoms with E-state index < -0.39 is 0 Å². The van der Waals surface area contributed by atoms with Crippen molar-refractivity contribution in [3.05, 3.63) is 35.8 Å². The molecule has 0 aliphatic carbocycles. The molecule has 0 unspecified atom stereocenters. The molecular formula is C14H17N5O2. The molecule has 1 fully saturated rings. The highest BCUT2D eigenvalue weighted by atomic mass is 16.5. The monoisotopic (exact) mass is 287 g/mol. The van der Waals surface area contributed by atoms with Crippen molar-refractivity contribution in [2.45, 2.75) is 18.9 Å². The molecule has 2 aromatic heterocycles. The fourth-order valence-corrected chi connectivity index (χ4v) is 2.28. The van der Waals surface area contributed by atoms with Crippen LogP contribution in [0.1, 0.15) is 24.1 Å². The second kappa shape index (κ2) is 5.92. The van der Waals surface area contributed by atoms with Crippen LogP contribution < -0.4 is 10.5 Å². The lowest BCUT2D eigenvalue weighted by Gasteiger charge is -2.24. The van der Waals surface area contributed by atoms with Crippen LogP contribution in [0, 0.1) is 5.41 Å². The third-order valence-corrected chi connectivity index (χ3v) is 3.42. The minimum absolute atomic E-state index is 0.0429. The van der Waals surface area contributed by atoms with Crippen molar-refractivity contribution in [2.75, 3.05) is 18.9 Å². The zero-order chi connectivity index (χ0) is 14.7. The molecule has 0 aromatic carbocycles. The molecule has 4 N–H and O–H groups in total. The summed E-state index contributed by atoms with van der Waals surface area (Å²) < 4.78 is 11.3. The molecule has 0 radical (unpaired) electrons. The van der Waals surface area contributed by atoms with Crippen LogP contribution in [0.3, 0.4) is 0 Å². The van der Waals surface area contributed by atoms with Crippen LogP contribution >= 0.6 is 0 Å². The number of aromatic nitrogens is 3. The van der Waals surface area contributed by atoms with Gasteiger partial charge in [0.15, 0.2) is 0 Å². The van der Waals surface area contributed by atoms with Gasteiger partial charge in [0.2, 0.25) is 5.88 Å². The van der Waals surface area contributed by atoms with E-state index in [-0.39, 0.29) is 11.8 Å². The first-order valence-corrected chi connectivity index (χ1v) is 6.83. The Morgan fingerprint density at radius 1 is 1.33 bits per heavy atom. The SMILES string of the molecule is N=C(c1ccn[nH]1)c1c(N)ccnc1OC1CCOCC1. The van der Waals surface area contributed by atoms with Gasteiger partial charge in [-0.2, -0.15) is 5.10 Å². The Balaban J connectivity index is 1.90. The van der Waals surface area contributed by atoms with Gasteiger partial charge in [-0.25, -0.2) is 4.98 Å². The minimum Gasteiger partial charge on any atom is -0.474 e. The van der Waals surface area contributed by atoms with Crippen LogP contribution in [-0.2, 0) is 4.74 Å². The Hall–Kier alpha value is -2.41. The molecule has 0 saturated carbocycles. The van der Waals surface area contributed by atoms with Gasteiger partial charge in [0.25, 0.3) is 0 Å². The molecule has 0 atom stereocenters. The van der Waals surface area contributed by atoms with Crippen molar-refractivity contribution in [1.29, 1.82) is 5.41 Å². The van der Waals surface area contributed by atoms with E-state index in [0.717, 1.165) is 12.8 Å². The second-order valence-corrected chi connectivity index (χ2v) is 4.86. The molecule has 21 heavy (non-hydrogen) atoms. The van der Waals surface area contributed by atoms with Gasteiger partial charge < -0.3 is 15.2 Å². The first-order valence-electron chi connectivity index (χ1n) is 6.83. The third-order valence-electron chi connectivity index (χ3n) is 3.42. The maximum absolute atomic E-state index is 8.29. The van der Waals surface area contributed by atoms with Gasteiger partial charge in [0.1, 0.15) is 6.10 Å². The molecule has 7 heteroatoms. The number of ether oxygens (including phenoxy) is 2. The van der Waals surface area contributed by atoms with Crippen LogP contribution in [0.2, 0.25) is 0 Å². The summed E-state index contributed by atoms with van der Waals surface area (Å²) in [5, 5.41) is 14.9. The topological polar surface area (TPSA) is 110 Å². The number of nitrogen functional groups attached to an aromatic ring is 1. The van der Waals surface area contributed by atoms with Crippen LogP contribution in [0.15, 0.2) is 24.5 Å². The summed E-state index contributed by atoms with van der Waals surface area (Å²) in [4.78, 5) is 4.25. The number of nitrogens with zero attached hydrogens (tertiary/aromatic N) is 2. The van der Waals surface area contributed by atoms with Crippen molar-refractivity contribution < 1.29 is 9.47 Å². The van der Waals surface area contributed by atoms with Crippen LogP contribution in [-0.4, -0.2) is 40.2 Å². The molecule has 0 amide bonds. The van der Waals surface area contributed by atoms with E-state index in [1.165, 1.54) is 0 Å². The van der Waals surface area contributed by atoms with E-state index in [2.05, 4.69) is 15.2 Å². The summed E-state index contributed by atoms with van der Waals surface area (Å²) in [5.41, 5.74) is 7.77. The normalized spacial score (nSPS) is 15.8. The molecule has 1 aliphatic heterocycles. The smallest absolute Gasteiger partial charge is 0.225 e. The fraction of sp³-hybridized carbons (Fsp3) is 0.357. The number of pyridine rings is 1. The summed E-state index contributed by atoms with van der Waals surface area (Å²) in [7, 11) is 0. The number of anilines is 1. The van der Waals surface area contributed by atoms with Crippen molar-refractivity contribution in [3.63, 3.8) is 0 Å². The average molecular weight is 287 g/mol. The standard InChI is InChI=1S/C14H17N5O2/c15-10-1-5-17-14(21-9-3-7-20-8-4-9)12(10)13(16)11-2-6-18-19-11/h1-2,5-6,9,16H,3-4,7-8H2,(H2,15,17)(H,18,19). The molecule has 1 aliphatic rings. The van der Waals surface area contributed by atoms with Crippen LogP contribution in [0.25, 0.3) is 0 Å². The third kappa shape index (κ3) is 2.87. The zero-order valence-corrected chi connectivity index (χ0v) is 11.5. The molecule has 0 bridgehead atoms. The Bertz CT molecular complexity index is 620.